The Labute approximate surface area is 592 Å². The lowest BCUT2D eigenvalue weighted by atomic mass is 10.00. The Morgan fingerprint density at radius 2 is 0.353 bits per heavy atom. The van der Waals surface area contributed by atoms with Gasteiger partial charge in [-0.1, -0.05) is 254 Å². The van der Waals surface area contributed by atoms with Gasteiger partial charge in [0.25, 0.3) is 0 Å². The van der Waals surface area contributed by atoms with E-state index in [2.05, 4.69) is 408 Å². The van der Waals surface area contributed by atoms with Gasteiger partial charge < -0.3 is 18.3 Å². The van der Waals surface area contributed by atoms with Crippen LogP contribution >= 0.6 is 0 Å². The van der Waals surface area contributed by atoms with Gasteiger partial charge in [-0.25, -0.2) is 0 Å². The van der Waals surface area contributed by atoms with Gasteiger partial charge in [-0.15, -0.1) is 0 Å². The summed E-state index contributed by atoms with van der Waals surface area (Å²) in [5.41, 5.74) is 31.5. The average molecular weight is 1300 g/mol. The van der Waals surface area contributed by atoms with Crippen LogP contribution in [-0.4, -0.2) is 18.3 Å². The first-order valence-electron chi connectivity index (χ1n) is 35.2. The Hall–Kier alpha value is -13.3. The fraction of sp³-hybridized carbons (Fsp3) is 0.0204. The van der Waals surface area contributed by atoms with Crippen LogP contribution in [0.5, 0.6) is 0 Å². The second-order valence-electron chi connectivity index (χ2n) is 27.0. The molecule has 0 saturated carbocycles. The Morgan fingerprint density at radius 3 is 0.686 bits per heavy atom. The summed E-state index contributed by atoms with van der Waals surface area (Å²) in [5, 5.41) is 10.1. The van der Waals surface area contributed by atoms with Gasteiger partial charge in [-0.2, -0.15) is 0 Å². The number of aromatic nitrogens is 4. The van der Waals surface area contributed by atoms with Crippen molar-refractivity contribution in [2.45, 2.75) is 13.8 Å². The fourth-order valence-electron chi connectivity index (χ4n) is 15.8. The largest absolute Gasteiger partial charge is 0.309 e. The van der Waals surface area contributed by atoms with E-state index in [9.17, 15) is 0 Å². The number of fused-ring (bicyclic) bond motifs is 12. The minimum Gasteiger partial charge on any atom is -0.309 e. The Bertz CT molecular complexity index is 6550. The zero-order chi connectivity index (χ0) is 67.8. The van der Waals surface area contributed by atoms with Gasteiger partial charge in [0.2, 0.25) is 0 Å². The molecule has 0 atom stereocenters. The van der Waals surface area contributed by atoms with Crippen molar-refractivity contribution in [1.29, 1.82) is 0 Å². The molecule has 0 radical (unpaired) electrons. The predicted molar refractivity (Wildman–Crippen MR) is 432 cm³/mol. The zero-order valence-electron chi connectivity index (χ0n) is 56.6. The van der Waals surface area contributed by atoms with Gasteiger partial charge in [0.05, 0.1) is 44.1 Å². The van der Waals surface area contributed by atoms with Crippen molar-refractivity contribution in [1.82, 2.24) is 18.3 Å². The van der Waals surface area contributed by atoms with E-state index in [1.54, 1.807) is 0 Å². The standard InChI is InChI=1S/2C49H34N2/c1-33-16-27-47-43(30-33)45-32-39(22-29-49(45)51(47)41-25-19-37(20-26-41)35-12-6-3-7-13-35)38-21-28-48-44(31-38)42-14-8-9-15-46(42)50(48)40-23-17-36(18-24-40)34-10-4-2-5-11-34;1-33-16-27-43-45-32-39(22-29-48(45)51(49(43)30-33)41-25-19-37(20-26-41)35-12-6-3-7-13-35)38-21-28-47-44(31-38)42-14-8-9-15-46(42)50(47)40-23-17-36(18-24-40)34-10-4-2-5-11-34/h2*2-32H,1H3. The molecule has 16 aromatic carbocycles. The van der Waals surface area contributed by atoms with Crippen LogP contribution in [0.2, 0.25) is 0 Å². The predicted octanol–water partition coefficient (Wildman–Crippen LogP) is 26.4. The second-order valence-corrected chi connectivity index (χ2v) is 27.0. The fourth-order valence-corrected chi connectivity index (χ4v) is 15.8. The summed E-state index contributed by atoms with van der Waals surface area (Å²) in [4.78, 5) is 0. The van der Waals surface area contributed by atoms with Crippen molar-refractivity contribution in [3.05, 3.63) is 387 Å². The lowest BCUT2D eigenvalue weighted by molar-refractivity contribution is 1.18. The normalized spacial score (nSPS) is 11.6. The molecule has 20 aromatic rings. The molecule has 0 spiro atoms. The highest BCUT2D eigenvalue weighted by Crippen LogP contribution is 2.43. The first-order chi connectivity index (χ1) is 50.4. The number of para-hydroxylation sites is 2. The smallest absolute Gasteiger partial charge is 0.0543 e. The molecule has 480 valence electrons. The zero-order valence-corrected chi connectivity index (χ0v) is 56.6. The lowest BCUT2D eigenvalue weighted by Crippen LogP contribution is -1.94. The van der Waals surface area contributed by atoms with E-state index >= 15 is 0 Å². The summed E-state index contributed by atoms with van der Waals surface area (Å²) in [6, 6.07) is 137. The summed E-state index contributed by atoms with van der Waals surface area (Å²) in [6.07, 6.45) is 0. The van der Waals surface area contributed by atoms with Gasteiger partial charge in [-0.3, -0.25) is 0 Å². The third-order valence-corrected chi connectivity index (χ3v) is 20.8. The van der Waals surface area contributed by atoms with Crippen molar-refractivity contribution >= 4 is 87.2 Å². The molecule has 102 heavy (non-hydrogen) atoms. The molecule has 0 fully saturated rings. The molecule has 0 saturated heterocycles. The van der Waals surface area contributed by atoms with Crippen LogP contribution in [0, 0.1) is 13.8 Å². The molecular weight excluding hydrogens is 1230 g/mol. The van der Waals surface area contributed by atoms with E-state index in [1.807, 2.05) is 0 Å². The van der Waals surface area contributed by atoms with Gasteiger partial charge in [0.15, 0.2) is 0 Å². The van der Waals surface area contributed by atoms with Crippen LogP contribution in [0.25, 0.3) is 177 Å². The van der Waals surface area contributed by atoms with Crippen LogP contribution < -0.4 is 0 Å². The third kappa shape index (κ3) is 10.5. The topological polar surface area (TPSA) is 19.7 Å². The molecule has 20 rings (SSSR count). The van der Waals surface area contributed by atoms with Gasteiger partial charge >= 0.3 is 0 Å². The summed E-state index contributed by atoms with van der Waals surface area (Å²) >= 11 is 0. The molecular formula is C98H68N4. The van der Waals surface area contributed by atoms with Crippen molar-refractivity contribution in [2.75, 3.05) is 0 Å². The molecule has 0 amide bonds. The number of rotatable bonds is 10. The first-order valence-corrected chi connectivity index (χ1v) is 35.2. The summed E-state index contributed by atoms with van der Waals surface area (Å²) in [7, 11) is 0. The van der Waals surface area contributed by atoms with E-state index in [0.717, 1.165) is 17.1 Å². The molecule has 0 aliphatic carbocycles. The van der Waals surface area contributed by atoms with Crippen LogP contribution in [0.1, 0.15) is 11.1 Å². The Morgan fingerprint density at radius 1 is 0.137 bits per heavy atom. The molecule has 4 heteroatoms. The van der Waals surface area contributed by atoms with Gasteiger partial charge in [0, 0.05) is 65.8 Å². The minimum absolute atomic E-state index is 1.16. The minimum atomic E-state index is 1.16. The average Bonchev–Trinajstić information content (AvgIpc) is 1.60. The number of aryl methyl sites for hydroxylation is 2. The highest BCUT2D eigenvalue weighted by molar-refractivity contribution is 6.15. The molecule has 0 bridgehead atoms. The maximum atomic E-state index is 2.41. The number of hydrogen-bond acceptors (Lipinski definition) is 0. The lowest BCUT2D eigenvalue weighted by Gasteiger charge is -2.11. The van der Waals surface area contributed by atoms with E-state index in [1.165, 1.54) is 171 Å². The van der Waals surface area contributed by atoms with Gasteiger partial charge in [0.1, 0.15) is 0 Å². The van der Waals surface area contributed by atoms with Crippen molar-refractivity contribution in [3.63, 3.8) is 0 Å². The summed E-state index contributed by atoms with van der Waals surface area (Å²) < 4.78 is 9.61. The molecule has 0 unspecified atom stereocenters. The van der Waals surface area contributed by atoms with E-state index in [-0.39, 0.29) is 0 Å². The maximum Gasteiger partial charge on any atom is 0.0543 e. The van der Waals surface area contributed by atoms with Crippen LogP contribution in [0.4, 0.5) is 0 Å². The highest BCUT2D eigenvalue weighted by atomic mass is 15.0. The molecule has 4 aromatic heterocycles. The quantitative estimate of drug-likeness (QED) is 0.130. The number of hydrogen-bond donors (Lipinski definition) is 0. The van der Waals surface area contributed by atoms with Crippen molar-refractivity contribution in [3.8, 4) is 89.5 Å². The third-order valence-electron chi connectivity index (χ3n) is 20.8. The van der Waals surface area contributed by atoms with Gasteiger partial charge in [-0.05, 0) is 214 Å². The van der Waals surface area contributed by atoms with E-state index < -0.39 is 0 Å². The van der Waals surface area contributed by atoms with Crippen LogP contribution in [0.15, 0.2) is 376 Å². The highest BCUT2D eigenvalue weighted by Gasteiger charge is 2.20. The number of nitrogens with zero attached hydrogens (tertiary/aromatic N) is 4. The molecule has 0 aliphatic heterocycles. The van der Waals surface area contributed by atoms with Crippen LogP contribution in [0.3, 0.4) is 0 Å². The van der Waals surface area contributed by atoms with E-state index in [0.29, 0.717) is 0 Å². The van der Waals surface area contributed by atoms with E-state index in [4.69, 9.17) is 0 Å². The molecule has 4 heterocycles. The molecule has 0 aliphatic rings. The van der Waals surface area contributed by atoms with Crippen molar-refractivity contribution < 1.29 is 0 Å². The SMILES string of the molecule is Cc1ccc2c(c1)c1cc(-c3ccc4c(c3)c3ccccc3n4-c3ccc(-c4ccccc4)cc3)ccc1n2-c1ccc(-c2ccccc2)cc1.Cc1ccc2c3cc(-c4ccc5c(c4)c4ccccc4n5-c4ccc(-c5ccccc5)cc4)ccc3n(-c3ccc(-c4ccccc4)cc3)c2c1. The summed E-state index contributed by atoms with van der Waals surface area (Å²) in [6.45, 7) is 4.36. The maximum absolute atomic E-state index is 2.41. The van der Waals surface area contributed by atoms with Crippen LogP contribution in [-0.2, 0) is 0 Å². The van der Waals surface area contributed by atoms with Crippen molar-refractivity contribution in [2.24, 2.45) is 0 Å². The molecule has 0 N–H and O–H groups in total. The molecule has 4 nitrogen and oxygen atoms in total. The monoisotopic (exact) mass is 1300 g/mol. The Kier molecular flexibility index (Phi) is 14.6. The number of benzene rings is 16. The Balaban J connectivity index is 0.000000141. The first kappa shape index (κ1) is 59.9. The second kappa shape index (κ2) is 24.9. The summed E-state index contributed by atoms with van der Waals surface area (Å²) in [5.74, 6) is 0.